The van der Waals surface area contributed by atoms with E-state index in [1.807, 2.05) is 0 Å². The smallest absolute Gasteiger partial charge is 0.191 e. The molecule has 0 unspecified atom stereocenters. The fraction of sp³-hybridized carbons (Fsp3) is 0.533. The Kier molecular flexibility index (Phi) is 8.80. The van der Waals surface area contributed by atoms with Gasteiger partial charge in [0, 0.05) is 19.1 Å². The van der Waals surface area contributed by atoms with Crippen LogP contribution >= 0.6 is 24.0 Å². The van der Waals surface area contributed by atoms with Crippen molar-refractivity contribution in [3.05, 3.63) is 35.9 Å². The lowest BCUT2D eigenvalue weighted by molar-refractivity contribution is 0.501. The first-order valence-electron chi connectivity index (χ1n) is 6.54. The van der Waals surface area contributed by atoms with Crippen molar-refractivity contribution in [1.82, 2.24) is 10.6 Å². The van der Waals surface area contributed by atoms with Crippen molar-refractivity contribution >= 4 is 29.9 Å². The molecule has 0 saturated heterocycles. The summed E-state index contributed by atoms with van der Waals surface area (Å²) in [6.07, 6.45) is 2.20. The molecule has 1 rings (SSSR count). The molecule has 19 heavy (non-hydrogen) atoms. The summed E-state index contributed by atoms with van der Waals surface area (Å²) in [6, 6.07) is 10.6. The van der Waals surface area contributed by atoms with E-state index in [4.69, 9.17) is 0 Å². The van der Waals surface area contributed by atoms with Gasteiger partial charge in [-0.05, 0) is 39.2 Å². The van der Waals surface area contributed by atoms with Crippen LogP contribution in [-0.2, 0) is 6.42 Å². The lowest BCUT2D eigenvalue weighted by Gasteiger charge is -2.23. The lowest BCUT2D eigenvalue weighted by atomic mass is 10.1. The molecule has 3 nitrogen and oxygen atoms in total. The molecule has 0 radical (unpaired) electrons. The number of halogens is 1. The first-order chi connectivity index (χ1) is 8.51. The minimum Gasteiger partial charge on any atom is -0.356 e. The molecule has 0 aliphatic carbocycles. The summed E-state index contributed by atoms with van der Waals surface area (Å²) < 4.78 is 0. The molecular formula is C15H26IN3. The molecule has 0 aromatic heterocycles. The number of hydrogen-bond donors (Lipinski definition) is 2. The summed E-state index contributed by atoms with van der Waals surface area (Å²) in [5.41, 5.74) is 1.43. The topological polar surface area (TPSA) is 36.4 Å². The van der Waals surface area contributed by atoms with Crippen LogP contribution in [-0.4, -0.2) is 25.1 Å². The Bertz CT molecular complexity index is 369. The van der Waals surface area contributed by atoms with Crippen LogP contribution in [0.3, 0.4) is 0 Å². The van der Waals surface area contributed by atoms with Crippen LogP contribution in [0.25, 0.3) is 0 Å². The SMILES string of the molecule is CN=C(NCCCc1ccccc1)NC(C)(C)C.I. The van der Waals surface area contributed by atoms with E-state index in [1.54, 1.807) is 7.05 Å². The van der Waals surface area contributed by atoms with Gasteiger partial charge < -0.3 is 10.6 Å². The maximum atomic E-state index is 4.21. The third-order valence-corrected chi connectivity index (χ3v) is 2.49. The Hall–Kier alpha value is -0.780. The molecule has 4 heteroatoms. The molecular weight excluding hydrogens is 349 g/mol. The monoisotopic (exact) mass is 375 g/mol. The van der Waals surface area contributed by atoms with E-state index in [1.165, 1.54) is 5.56 Å². The highest BCUT2D eigenvalue weighted by Crippen LogP contribution is 2.01. The zero-order valence-electron chi connectivity index (χ0n) is 12.4. The predicted molar refractivity (Wildman–Crippen MR) is 94.4 cm³/mol. The summed E-state index contributed by atoms with van der Waals surface area (Å²) in [4.78, 5) is 4.21. The van der Waals surface area contributed by atoms with E-state index >= 15 is 0 Å². The van der Waals surface area contributed by atoms with Gasteiger partial charge in [-0.25, -0.2) is 0 Å². The normalized spacial score (nSPS) is 11.7. The third kappa shape index (κ3) is 8.86. The molecule has 108 valence electrons. The lowest BCUT2D eigenvalue weighted by Crippen LogP contribution is -2.47. The maximum absolute atomic E-state index is 4.21. The number of hydrogen-bond acceptors (Lipinski definition) is 1. The Morgan fingerprint density at radius 1 is 1.16 bits per heavy atom. The van der Waals surface area contributed by atoms with Crippen LogP contribution < -0.4 is 10.6 Å². The predicted octanol–water partition coefficient (Wildman–Crippen LogP) is 3.20. The first-order valence-corrected chi connectivity index (χ1v) is 6.54. The van der Waals surface area contributed by atoms with Gasteiger partial charge in [0.1, 0.15) is 0 Å². The van der Waals surface area contributed by atoms with Crippen LogP contribution in [0, 0.1) is 0 Å². The van der Waals surface area contributed by atoms with Gasteiger partial charge in [0.25, 0.3) is 0 Å². The van der Waals surface area contributed by atoms with Crippen molar-refractivity contribution < 1.29 is 0 Å². The van der Waals surface area contributed by atoms with Gasteiger partial charge in [-0.3, -0.25) is 4.99 Å². The molecule has 1 aromatic carbocycles. The van der Waals surface area contributed by atoms with E-state index in [0.717, 1.165) is 25.3 Å². The van der Waals surface area contributed by atoms with E-state index in [0.29, 0.717) is 0 Å². The van der Waals surface area contributed by atoms with Crippen LogP contribution in [0.15, 0.2) is 35.3 Å². The average Bonchev–Trinajstić information content (AvgIpc) is 2.33. The van der Waals surface area contributed by atoms with Crippen LogP contribution in [0.4, 0.5) is 0 Å². The number of rotatable bonds is 4. The highest BCUT2D eigenvalue weighted by Gasteiger charge is 2.10. The Labute approximate surface area is 134 Å². The van der Waals surface area contributed by atoms with Gasteiger partial charge in [0.15, 0.2) is 5.96 Å². The second kappa shape index (κ2) is 9.18. The summed E-state index contributed by atoms with van der Waals surface area (Å²) in [7, 11) is 1.80. The summed E-state index contributed by atoms with van der Waals surface area (Å²) >= 11 is 0. The fourth-order valence-electron chi connectivity index (χ4n) is 1.68. The van der Waals surface area contributed by atoms with E-state index in [2.05, 4.69) is 66.7 Å². The van der Waals surface area contributed by atoms with Crippen molar-refractivity contribution in [3.63, 3.8) is 0 Å². The standard InChI is InChI=1S/C15H25N3.HI/c1-15(2,3)18-14(16-4)17-12-8-11-13-9-6-5-7-10-13;/h5-7,9-10H,8,11-12H2,1-4H3,(H2,16,17,18);1H. The minimum atomic E-state index is 0. The fourth-order valence-corrected chi connectivity index (χ4v) is 1.68. The number of aryl methyl sites for hydroxylation is 1. The van der Waals surface area contributed by atoms with Gasteiger partial charge in [0.05, 0.1) is 0 Å². The van der Waals surface area contributed by atoms with E-state index in [-0.39, 0.29) is 29.5 Å². The Morgan fingerprint density at radius 3 is 2.32 bits per heavy atom. The summed E-state index contributed by atoms with van der Waals surface area (Å²) in [5, 5.41) is 6.68. The van der Waals surface area contributed by atoms with E-state index in [9.17, 15) is 0 Å². The van der Waals surface area contributed by atoms with Crippen LogP contribution in [0.5, 0.6) is 0 Å². The Balaban J connectivity index is 0.00000324. The maximum Gasteiger partial charge on any atom is 0.191 e. The van der Waals surface area contributed by atoms with Crippen molar-refractivity contribution in [2.75, 3.05) is 13.6 Å². The molecule has 0 fully saturated rings. The zero-order valence-corrected chi connectivity index (χ0v) is 14.7. The van der Waals surface area contributed by atoms with Crippen LogP contribution in [0.1, 0.15) is 32.8 Å². The number of nitrogens with zero attached hydrogens (tertiary/aromatic N) is 1. The van der Waals surface area contributed by atoms with Gasteiger partial charge in [-0.1, -0.05) is 30.3 Å². The van der Waals surface area contributed by atoms with Gasteiger partial charge in [0.2, 0.25) is 0 Å². The third-order valence-electron chi connectivity index (χ3n) is 2.49. The molecule has 1 aromatic rings. The quantitative estimate of drug-likeness (QED) is 0.367. The molecule has 0 amide bonds. The van der Waals surface area contributed by atoms with Gasteiger partial charge >= 0.3 is 0 Å². The minimum absolute atomic E-state index is 0. The molecule has 0 aliphatic rings. The highest BCUT2D eigenvalue weighted by molar-refractivity contribution is 14.0. The van der Waals surface area contributed by atoms with Gasteiger partial charge in [-0.15, -0.1) is 24.0 Å². The largest absolute Gasteiger partial charge is 0.356 e. The second-order valence-electron chi connectivity index (χ2n) is 5.46. The molecule has 0 spiro atoms. The number of aliphatic imine (C=N–C) groups is 1. The molecule has 0 bridgehead atoms. The number of nitrogens with one attached hydrogen (secondary N) is 2. The summed E-state index contributed by atoms with van der Waals surface area (Å²) in [5.74, 6) is 0.871. The van der Waals surface area contributed by atoms with E-state index < -0.39 is 0 Å². The van der Waals surface area contributed by atoms with Crippen molar-refractivity contribution in [2.24, 2.45) is 4.99 Å². The molecule has 0 heterocycles. The number of benzene rings is 1. The van der Waals surface area contributed by atoms with Crippen molar-refractivity contribution in [3.8, 4) is 0 Å². The molecule has 2 N–H and O–H groups in total. The first kappa shape index (κ1) is 18.2. The van der Waals surface area contributed by atoms with Crippen LogP contribution in [0.2, 0.25) is 0 Å². The average molecular weight is 375 g/mol. The highest BCUT2D eigenvalue weighted by atomic mass is 127. The van der Waals surface area contributed by atoms with Crippen molar-refractivity contribution in [1.29, 1.82) is 0 Å². The molecule has 0 saturated carbocycles. The number of guanidine groups is 1. The Morgan fingerprint density at radius 2 is 1.79 bits per heavy atom. The zero-order chi connectivity index (χ0) is 13.4. The van der Waals surface area contributed by atoms with Crippen molar-refractivity contribution in [2.45, 2.75) is 39.2 Å². The van der Waals surface area contributed by atoms with Gasteiger partial charge in [-0.2, -0.15) is 0 Å². The summed E-state index contributed by atoms with van der Waals surface area (Å²) in [6.45, 7) is 7.32. The molecule has 0 atom stereocenters. The molecule has 0 aliphatic heterocycles. The second-order valence-corrected chi connectivity index (χ2v) is 5.46.